The van der Waals surface area contributed by atoms with Crippen molar-refractivity contribution in [1.82, 2.24) is 19.7 Å². The summed E-state index contributed by atoms with van der Waals surface area (Å²) in [5.41, 5.74) is 2.79. The monoisotopic (exact) mass is 444 g/mol. The van der Waals surface area contributed by atoms with Gasteiger partial charge in [0.2, 0.25) is 0 Å². The molecule has 2 aromatic heterocycles. The molecule has 148 valence electrons. The van der Waals surface area contributed by atoms with Crippen LogP contribution >= 0.6 is 34.7 Å². The average molecular weight is 445 g/mol. The smallest absolute Gasteiger partial charge is 0.195 e. The number of methoxy groups -OCH3 is 2. The van der Waals surface area contributed by atoms with Crippen LogP contribution in [-0.2, 0) is 5.75 Å². The molecule has 4 rings (SSSR count). The number of para-hydroxylation sites is 1. The van der Waals surface area contributed by atoms with E-state index in [9.17, 15) is 0 Å². The molecule has 0 atom stereocenters. The Labute approximate surface area is 181 Å². The van der Waals surface area contributed by atoms with E-state index in [1.807, 2.05) is 52.4 Å². The van der Waals surface area contributed by atoms with Gasteiger partial charge in [0.05, 0.1) is 31.2 Å². The van der Waals surface area contributed by atoms with Gasteiger partial charge < -0.3 is 9.47 Å². The summed E-state index contributed by atoms with van der Waals surface area (Å²) in [6, 6.07) is 13.4. The molecule has 0 radical (unpaired) electrons. The van der Waals surface area contributed by atoms with Gasteiger partial charge in [0.25, 0.3) is 0 Å². The lowest BCUT2D eigenvalue weighted by Crippen LogP contribution is -1.95. The van der Waals surface area contributed by atoms with Gasteiger partial charge >= 0.3 is 0 Å². The molecule has 0 saturated heterocycles. The molecule has 0 amide bonds. The summed E-state index contributed by atoms with van der Waals surface area (Å²) >= 11 is 9.24. The van der Waals surface area contributed by atoms with Crippen molar-refractivity contribution < 1.29 is 9.47 Å². The minimum Gasteiger partial charge on any atom is -0.493 e. The van der Waals surface area contributed by atoms with Gasteiger partial charge in [0.15, 0.2) is 16.7 Å². The molecule has 4 aromatic rings. The predicted molar refractivity (Wildman–Crippen MR) is 117 cm³/mol. The molecule has 0 bridgehead atoms. The van der Waals surface area contributed by atoms with Crippen LogP contribution in [0.1, 0.15) is 5.69 Å². The molecular weight excluding hydrogens is 428 g/mol. The summed E-state index contributed by atoms with van der Waals surface area (Å²) < 4.78 is 12.8. The van der Waals surface area contributed by atoms with Crippen molar-refractivity contribution in [3.05, 3.63) is 64.9 Å². The van der Waals surface area contributed by atoms with E-state index in [0.29, 0.717) is 22.3 Å². The number of thiazole rings is 1. The zero-order valence-corrected chi connectivity index (χ0v) is 18.1. The van der Waals surface area contributed by atoms with Crippen LogP contribution < -0.4 is 9.47 Å². The van der Waals surface area contributed by atoms with Crippen molar-refractivity contribution in [3.63, 3.8) is 0 Å². The number of ether oxygens (including phenoxy) is 2. The largest absolute Gasteiger partial charge is 0.493 e. The average Bonchev–Trinajstić information content (AvgIpc) is 3.41. The molecule has 6 nitrogen and oxygen atoms in total. The Morgan fingerprint density at radius 3 is 2.79 bits per heavy atom. The summed E-state index contributed by atoms with van der Waals surface area (Å²) in [7, 11) is 3.26. The summed E-state index contributed by atoms with van der Waals surface area (Å²) in [5.74, 6) is 2.04. The highest BCUT2D eigenvalue weighted by Crippen LogP contribution is 2.39. The quantitative estimate of drug-likeness (QED) is 0.358. The van der Waals surface area contributed by atoms with Crippen LogP contribution in [0.4, 0.5) is 0 Å². The van der Waals surface area contributed by atoms with Crippen LogP contribution in [0.5, 0.6) is 11.5 Å². The van der Waals surface area contributed by atoms with Crippen LogP contribution in [-0.4, -0.2) is 34.0 Å². The molecule has 0 unspecified atom stereocenters. The first-order chi connectivity index (χ1) is 14.2. The Hall–Kier alpha value is -2.55. The topological polar surface area (TPSA) is 62.1 Å². The molecule has 0 N–H and O–H groups in total. The van der Waals surface area contributed by atoms with E-state index in [1.54, 1.807) is 43.6 Å². The predicted octanol–water partition coefficient (Wildman–Crippen LogP) is 5.35. The number of thioether (sulfide) groups is 1. The Morgan fingerprint density at radius 1 is 1.14 bits per heavy atom. The number of nitrogens with zero attached hydrogens (tertiary/aromatic N) is 4. The molecule has 0 spiro atoms. The second-order valence-electron chi connectivity index (χ2n) is 5.94. The van der Waals surface area contributed by atoms with Crippen molar-refractivity contribution in [1.29, 1.82) is 0 Å². The minimum atomic E-state index is 0.669. The first kappa shape index (κ1) is 19.8. The fraction of sp³-hybridized carbons (Fsp3) is 0.150. The molecular formula is C20H17ClN4O2S2. The lowest BCUT2D eigenvalue weighted by molar-refractivity contribution is 0.356. The third-order valence-electron chi connectivity index (χ3n) is 4.14. The van der Waals surface area contributed by atoms with Gasteiger partial charge in [-0.15, -0.1) is 21.5 Å². The molecule has 2 aromatic carbocycles. The van der Waals surface area contributed by atoms with Gasteiger partial charge in [0, 0.05) is 16.2 Å². The molecule has 0 aliphatic carbocycles. The third-order valence-corrected chi connectivity index (χ3v) is 6.27. The number of benzene rings is 2. The van der Waals surface area contributed by atoms with Gasteiger partial charge in [-0.3, -0.25) is 4.57 Å². The van der Waals surface area contributed by atoms with E-state index >= 15 is 0 Å². The fourth-order valence-electron chi connectivity index (χ4n) is 2.82. The van der Waals surface area contributed by atoms with Gasteiger partial charge in [0.1, 0.15) is 11.3 Å². The Kier molecular flexibility index (Phi) is 6.03. The van der Waals surface area contributed by atoms with Crippen molar-refractivity contribution in [2.45, 2.75) is 10.9 Å². The second-order valence-corrected chi connectivity index (χ2v) is 8.17. The van der Waals surface area contributed by atoms with Crippen LogP contribution in [0.2, 0.25) is 5.02 Å². The summed E-state index contributed by atoms with van der Waals surface area (Å²) in [4.78, 5) is 4.76. The molecule has 0 fully saturated rings. The lowest BCUT2D eigenvalue weighted by atomic mass is 10.2. The molecule has 9 heteroatoms. The molecule has 0 saturated carbocycles. The van der Waals surface area contributed by atoms with Crippen LogP contribution in [0.3, 0.4) is 0 Å². The van der Waals surface area contributed by atoms with Gasteiger partial charge in [-0.1, -0.05) is 35.5 Å². The van der Waals surface area contributed by atoms with E-state index in [4.69, 9.17) is 26.1 Å². The summed E-state index contributed by atoms with van der Waals surface area (Å²) in [6.45, 7) is 0. The molecule has 2 heterocycles. The molecule has 29 heavy (non-hydrogen) atoms. The van der Waals surface area contributed by atoms with Crippen molar-refractivity contribution in [2.24, 2.45) is 0 Å². The summed E-state index contributed by atoms with van der Waals surface area (Å²) in [5, 5.41) is 12.6. The number of halogens is 1. The number of hydrogen-bond acceptors (Lipinski definition) is 7. The standard InChI is InChI=1S/C20H17ClN4O2S2/c1-26-17-8-4-7-16(18(17)27-2)19-23-14(10-28-19)11-29-20-24-22-12-25(20)15-6-3-5-13(21)9-15/h3-10,12H,11H2,1-2H3. The first-order valence-corrected chi connectivity index (χ1v) is 10.9. The van der Waals surface area contributed by atoms with Crippen molar-refractivity contribution in [2.75, 3.05) is 14.2 Å². The molecule has 0 aliphatic rings. The fourth-order valence-corrected chi connectivity index (χ4v) is 4.77. The molecule has 0 aliphatic heterocycles. The first-order valence-electron chi connectivity index (χ1n) is 8.64. The highest BCUT2D eigenvalue weighted by Gasteiger charge is 2.15. The van der Waals surface area contributed by atoms with E-state index in [1.165, 1.54) is 0 Å². The third kappa shape index (κ3) is 4.24. The van der Waals surface area contributed by atoms with Crippen LogP contribution in [0.25, 0.3) is 16.3 Å². The highest BCUT2D eigenvalue weighted by molar-refractivity contribution is 7.98. The van der Waals surface area contributed by atoms with E-state index < -0.39 is 0 Å². The van der Waals surface area contributed by atoms with Gasteiger partial charge in [-0.25, -0.2) is 4.98 Å². The highest BCUT2D eigenvalue weighted by atomic mass is 35.5. The maximum Gasteiger partial charge on any atom is 0.195 e. The SMILES string of the molecule is COc1cccc(-c2nc(CSc3nncn3-c3cccc(Cl)c3)cs2)c1OC. The zero-order chi connectivity index (χ0) is 20.2. The van der Waals surface area contributed by atoms with Crippen LogP contribution in [0, 0.1) is 0 Å². The van der Waals surface area contributed by atoms with Gasteiger partial charge in [-0.05, 0) is 30.3 Å². The van der Waals surface area contributed by atoms with E-state index in [-0.39, 0.29) is 0 Å². The van der Waals surface area contributed by atoms with Crippen LogP contribution in [0.15, 0.2) is 59.3 Å². The van der Waals surface area contributed by atoms with Crippen molar-refractivity contribution >= 4 is 34.7 Å². The Bertz CT molecular complexity index is 1130. The minimum absolute atomic E-state index is 0.669. The zero-order valence-electron chi connectivity index (χ0n) is 15.7. The number of hydrogen-bond donors (Lipinski definition) is 0. The number of aromatic nitrogens is 4. The Morgan fingerprint density at radius 2 is 2.00 bits per heavy atom. The van der Waals surface area contributed by atoms with Crippen molar-refractivity contribution in [3.8, 4) is 27.8 Å². The normalized spacial score (nSPS) is 10.9. The van der Waals surface area contributed by atoms with Gasteiger partial charge in [-0.2, -0.15) is 0 Å². The maximum absolute atomic E-state index is 6.11. The Balaban J connectivity index is 1.53. The lowest BCUT2D eigenvalue weighted by Gasteiger charge is -2.10. The maximum atomic E-state index is 6.11. The van der Waals surface area contributed by atoms with E-state index in [0.717, 1.165) is 27.1 Å². The number of rotatable bonds is 7. The summed E-state index contributed by atoms with van der Waals surface area (Å²) in [6.07, 6.45) is 1.68. The van der Waals surface area contributed by atoms with E-state index in [2.05, 4.69) is 10.2 Å². The second kappa shape index (κ2) is 8.86.